The van der Waals surface area contributed by atoms with E-state index in [-0.39, 0.29) is 23.5 Å². The second-order valence-electron chi connectivity index (χ2n) is 4.53. The molecule has 7 nitrogen and oxygen atoms in total. The van der Waals surface area contributed by atoms with Crippen molar-refractivity contribution < 1.29 is 22.4 Å². The van der Waals surface area contributed by atoms with Crippen LogP contribution in [0.15, 0.2) is 21.6 Å². The molecule has 0 saturated heterocycles. The number of carbonyl (C=O) groups excluding carboxylic acids is 1. The van der Waals surface area contributed by atoms with Crippen LogP contribution in [0.3, 0.4) is 0 Å². The molecule has 0 amide bonds. The first-order chi connectivity index (χ1) is 9.29. The summed E-state index contributed by atoms with van der Waals surface area (Å²) in [5.74, 6) is 0.0962. The Kier molecular flexibility index (Phi) is 5.73. The number of nitrogens with one attached hydrogen (secondary N) is 1. The van der Waals surface area contributed by atoms with E-state index >= 15 is 0 Å². The standard InChI is InChI=1S/C12H20N2O5S/c1-4-8(2)11(12(15)18-3)14-7-9-5-6-10(19-9)20(13,16)17/h5-6,8,11,14H,4,7H2,1-3H3,(H2,13,16,17). The minimum absolute atomic E-state index is 0.0788. The zero-order valence-electron chi connectivity index (χ0n) is 11.8. The smallest absolute Gasteiger partial charge is 0.323 e. The topological polar surface area (TPSA) is 112 Å². The Morgan fingerprint density at radius 2 is 2.15 bits per heavy atom. The summed E-state index contributed by atoms with van der Waals surface area (Å²) in [6, 6.07) is 2.30. The van der Waals surface area contributed by atoms with E-state index in [1.807, 2.05) is 13.8 Å². The van der Waals surface area contributed by atoms with Crippen LogP contribution in [-0.2, 0) is 26.1 Å². The molecular weight excluding hydrogens is 284 g/mol. The van der Waals surface area contributed by atoms with Crippen molar-refractivity contribution in [1.82, 2.24) is 5.32 Å². The normalized spacial score (nSPS) is 14.8. The van der Waals surface area contributed by atoms with Crippen LogP contribution in [0, 0.1) is 5.92 Å². The first-order valence-corrected chi connectivity index (χ1v) is 7.77. The maximum Gasteiger partial charge on any atom is 0.323 e. The highest BCUT2D eigenvalue weighted by Crippen LogP contribution is 2.14. The summed E-state index contributed by atoms with van der Waals surface area (Å²) in [4.78, 5) is 11.7. The number of esters is 1. The summed E-state index contributed by atoms with van der Waals surface area (Å²) in [6.45, 7) is 4.10. The third-order valence-electron chi connectivity index (χ3n) is 3.08. The zero-order chi connectivity index (χ0) is 15.3. The van der Waals surface area contributed by atoms with Gasteiger partial charge >= 0.3 is 5.97 Å². The fourth-order valence-electron chi connectivity index (χ4n) is 1.70. The highest BCUT2D eigenvalue weighted by molar-refractivity contribution is 7.89. The van der Waals surface area contributed by atoms with Crippen molar-refractivity contribution in [2.24, 2.45) is 11.1 Å². The van der Waals surface area contributed by atoms with Gasteiger partial charge in [0.25, 0.3) is 10.0 Å². The van der Waals surface area contributed by atoms with Crippen LogP contribution < -0.4 is 10.5 Å². The predicted molar refractivity (Wildman–Crippen MR) is 72.2 cm³/mol. The molecule has 1 rings (SSSR count). The lowest BCUT2D eigenvalue weighted by Crippen LogP contribution is -2.42. The van der Waals surface area contributed by atoms with E-state index in [4.69, 9.17) is 14.3 Å². The molecule has 1 aromatic rings. The van der Waals surface area contributed by atoms with Gasteiger partial charge in [0.15, 0.2) is 0 Å². The molecule has 2 unspecified atom stereocenters. The van der Waals surface area contributed by atoms with Crippen LogP contribution in [0.1, 0.15) is 26.0 Å². The van der Waals surface area contributed by atoms with Crippen molar-refractivity contribution in [3.8, 4) is 0 Å². The molecule has 0 radical (unpaired) electrons. The van der Waals surface area contributed by atoms with E-state index in [2.05, 4.69) is 5.32 Å². The highest BCUT2D eigenvalue weighted by atomic mass is 32.2. The Morgan fingerprint density at radius 1 is 1.50 bits per heavy atom. The van der Waals surface area contributed by atoms with E-state index in [0.717, 1.165) is 6.42 Å². The van der Waals surface area contributed by atoms with Crippen molar-refractivity contribution in [2.75, 3.05) is 7.11 Å². The van der Waals surface area contributed by atoms with Gasteiger partial charge in [0.2, 0.25) is 5.09 Å². The molecule has 0 fully saturated rings. The molecule has 1 aromatic heterocycles. The number of furan rings is 1. The molecule has 0 aliphatic heterocycles. The van der Waals surface area contributed by atoms with E-state index in [9.17, 15) is 13.2 Å². The lowest BCUT2D eigenvalue weighted by Gasteiger charge is -2.21. The molecule has 0 saturated carbocycles. The van der Waals surface area contributed by atoms with Gasteiger partial charge in [-0.1, -0.05) is 20.3 Å². The van der Waals surface area contributed by atoms with Gasteiger partial charge in [-0.2, -0.15) is 0 Å². The molecule has 1 heterocycles. The van der Waals surface area contributed by atoms with E-state index in [0.29, 0.717) is 5.76 Å². The summed E-state index contributed by atoms with van der Waals surface area (Å²) < 4.78 is 32.0. The second kappa shape index (κ2) is 6.87. The Balaban J connectivity index is 2.73. The number of nitrogens with two attached hydrogens (primary N) is 1. The average Bonchev–Trinajstić information content (AvgIpc) is 2.86. The second-order valence-corrected chi connectivity index (χ2v) is 6.03. The molecular formula is C12H20N2O5S. The molecule has 114 valence electrons. The predicted octanol–water partition coefficient (Wildman–Crippen LogP) is 0.604. The quantitative estimate of drug-likeness (QED) is 0.714. The molecule has 0 aromatic carbocycles. The van der Waals surface area contributed by atoms with Crippen molar-refractivity contribution >= 4 is 16.0 Å². The van der Waals surface area contributed by atoms with Gasteiger partial charge in [-0.25, -0.2) is 13.6 Å². The summed E-state index contributed by atoms with van der Waals surface area (Å²) in [6.07, 6.45) is 0.799. The summed E-state index contributed by atoms with van der Waals surface area (Å²) >= 11 is 0. The Hall–Kier alpha value is -1.38. The third-order valence-corrected chi connectivity index (χ3v) is 3.86. The van der Waals surface area contributed by atoms with Crippen LogP contribution in [0.4, 0.5) is 0 Å². The van der Waals surface area contributed by atoms with Crippen LogP contribution in [-0.4, -0.2) is 27.5 Å². The summed E-state index contributed by atoms with van der Waals surface area (Å²) in [5.41, 5.74) is 0. The van der Waals surface area contributed by atoms with Crippen LogP contribution in [0.25, 0.3) is 0 Å². The molecule has 2 atom stereocenters. The number of primary sulfonamides is 1. The van der Waals surface area contributed by atoms with Gasteiger partial charge in [0.05, 0.1) is 13.7 Å². The van der Waals surface area contributed by atoms with Crippen LogP contribution in [0.2, 0.25) is 0 Å². The fourth-order valence-corrected chi connectivity index (χ4v) is 2.18. The first-order valence-electron chi connectivity index (χ1n) is 6.22. The number of sulfonamides is 1. The molecule has 0 spiro atoms. The SMILES string of the molecule is CCC(C)C(NCc1ccc(S(N)(=O)=O)o1)C(=O)OC. The summed E-state index contributed by atoms with van der Waals surface area (Å²) in [7, 11) is -2.52. The van der Waals surface area contributed by atoms with E-state index in [1.54, 1.807) is 0 Å². The Morgan fingerprint density at radius 3 is 2.60 bits per heavy atom. The van der Waals surface area contributed by atoms with E-state index in [1.165, 1.54) is 19.2 Å². The van der Waals surface area contributed by atoms with Crippen molar-refractivity contribution in [1.29, 1.82) is 0 Å². The van der Waals surface area contributed by atoms with Crippen LogP contribution in [0.5, 0.6) is 0 Å². The molecule has 20 heavy (non-hydrogen) atoms. The summed E-state index contributed by atoms with van der Waals surface area (Å²) in [5, 5.41) is 7.65. The lowest BCUT2D eigenvalue weighted by atomic mass is 9.99. The minimum atomic E-state index is -3.85. The number of carbonyl (C=O) groups is 1. The maximum absolute atomic E-state index is 11.7. The zero-order valence-corrected chi connectivity index (χ0v) is 12.6. The van der Waals surface area contributed by atoms with Crippen molar-refractivity contribution in [2.45, 2.75) is 37.9 Å². The molecule has 0 aliphatic rings. The average molecular weight is 304 g/mol. The number of methoxy groups -OCH3 is 1. The van der Waals surface area contributed by atoms with Gasteiger partial charge in [0.1, 0.15) is 11.8 Å². The Labute approximate surface area is 118 Å². The van der Waals surface area contributed by atoms with Crippen LogP contribution >= 0.6 is 0 Å². The minimum Gasteiger partial charge on any atom is -0.468 e. The number of rotatable bonds is 7. The van der Waals surface area contributed by atoms with Crippen molar-refractivity contribution in [3.05, 3.63) is 17.9 Å². The molecule has 0 bridgehead atoms. The largest absolute Gasteiger partial charge is 0.468 e. The van der Waals surface area contributed by atoms with Crippen molar-refractivity contribution in [3.63, 3.8) is 0 Å². The lowest BCUT2D eigenvalue weighted by molar-refractivity contribution is -0.144. The van der Waals surface area contributed by atoms with Gasteiger partial charge < -0.3 is 9.15 Å². The Bertz CT molecular complexity index is 552. The number of ether oxygens (including phenoxy) is 1. The van der Waals surface area contributed by atoms with Gasteiger partial charge in [-0.05, 0) is 18.1 Å². The monoisotopic (exact) mass is 304 g/mol. The first kappa shape index (κ1) is 16.7. The van der Waals surface area contributed by atoms with E-state index < -0.39 is 16.1 Å². The van der Waals surface area contributed by atoms with Gasteiger partial charge in [-0.15, -0.1) is 0 Å². The molecule has 3 N–H and O–H groups in total. The third kappa shape index (κ3) is 4.32. The van der Waals surface area contributed by atoms with Gasteiger partial charge in [-0.3, -0.25) is 10.1 Å². The highest BCUT2D eigenvalue weighted by Gasteiger charge is 2.24. The fraction of sp³-hybridized carbons (Fsp3) is 0.583. The molecule has 0 aliphatic carbocycles. The van der Waals surface area contributed by atoms with Gasteiger partial charge in [0, 0.05) is 0 Å². The maximum atomic E-state index is 11.7. The number of hydrogen-bond acceptors (Lipinski definition) is 6. The number of hydrogen-bond donors (Lipinski definition) is 2. The molecule has 8 heteroatoms.